The molecule has 1 aliphatic carbocycles. The van der Waals surface area contributed by atoms with Gasteiger partial charge in [0.05, 0.1) is 27.7 Å². The van der Waals surface area contributed by atoms with Gasteiger partial charge in [0.1, 0.15) is 0 Å². The SMILES string of the molecule is Cc1nn(-c2ccccn2)c2c1C(=O)/C(=C\Nc1ccccc1Cl)CC2. The Kier molecular flexibility index (Phi) is 4.31. The number of allylic oxidation sites excluding steroid dienone is 1. The van der Waals surface area contributed by atoms with Crippen LogP contribution < -0.4 is 5.32 Å². The van der Waals surface area contributed by atoms with Gasteiger partial charge < -0.3 is 5.32 Å². The summed E-state index contributed by atoms with van der Waals surface area (Å²) in [6.45, 7) is 1.86. The molecule has 0 atom stereocenters. The lowest BCUT2D eigenvalue weighted by Crippen LogP contribution is -2.17. The van der Waals surface area contributed by atoms with Crippen LogP contribution in [0.3, 0.4) is 0 Å². The van der Waals surface area contributed by atoms with Crippen LogP contribution >= 0.6 is 11.6 Å². The second kappa shape index (κ2) is 6.77. The van der Waals surface area contributed by atoms with E-state index < -0.39 is 0 Å². The first-order valence-corrected chi connectivity index (χ1v) is 8.77. The van der Waals surface area contributed by atoms with E-state index in [0.29, 0.717) is 17.0 Å². The van der Waals surface area contributed by atoms with E-state index in [1.165, 1.54) is 0 Å². The first-order chi connectivity index (χ1) is 12.6. The number of aryl methyl sites for hydroxylation is 1. The average Bonchev–Trinajstić information content (AvgIpc) is 3.00. The van der Waals surface area contributed by atoms with E-state index in [4.69, 9.17) is 11.6 Å². The molecule has 0 radical (unpaired) electrons. The molecule has 130 valence electrons. The lowest BCUT2D eigenvalue weighted by Gasteiger charge is -2.16. The van der Waals surface area contributed by atoms with Crippen LogP contribution in [0.15, 0.2) is 60.4 Å². The molecule has 4 rings (SSSR count). The summed E-state index contributed by atoms with van der Waals surface area (Å²) < 4.78 is 1.78. The average molecular weight is 365 g/mol. The molecular formula is C20H17ClN4O. The van der Waals surface area contributed by atoms with Crippen molar-refractivity contribution in [1.82, 2.24) is 14.8 Å². The number of pyridine rings is 1. The van der Waals surface area contributed by atoms with Crippen LogP contribution in [0.25, 0.3) is 5.82 Å². The van der Waals surface area contributed by atoms with E-state index in [1.54, 1.807) is 17.1 Å². The van der Waals surface area contributed by atoms with Gasteiger partial charge in [0.2, 0.25) is 0 Å². The fourth-order valence-electron chi connectivity index (χ4n) is 3.18. The molecule has 0 aliphatic heterocycles. The zero-order chi connectivity index (χ0) is 18.1. The number of Topliss-reactive ketones (excluding diaryl/α,β-unsaturated/α-hetero) is 1. The molecule has 0 saturated heterocycles. The zero-order valence-corrected chi connectivity index (χ0v) is 15.0. The van der Waals surface area contributed by atoms with Crippen molar-refractivity contribution >= 4 is 23.1 Å². The number of anilines is 1. The van der Waals surface area contributed by atoms with Gasteiger partial charge in [0, 0.05) is 18.0 Å². The van der Waals surface area contributed by atoms with Crippen molar-refractivity contribution in [3.05, 3.63) is 82.4 Å². The number of hydrogen-bond donors (Lipinski definition) is 1. The predicted octanol–water partition coefficient (Wildman–Crippen LogP) is 4.35. The van der Waals surface area contributed by atoms with Gasteiger partial charge in [-0.05, 0) is 44.0 Å². The Morgan fingerprint density at radius 2 is 1.96 bits per heavy atom. The maximum Gasteiger partial charge on any atom is 0.194 e. The Morgan fingerprint density at radius 3 is 2.73 bits per heavy atom. The number of para-hydroxylation sites is 1. The van der Waals surface area contributed by atoms with Crippen LogP contribution in [0.2, 0.25) is 5.02 Å². The van der Waals surface area contributed by atoms with Crippen LogP contribution in [0, 0.1) is 6.92 Å². The Balaban J connectivity index is 1.66. The second-order valence-electron chi connectivity index (χ2n) is 6.13. The molecule has 0 saturated carbocycles. The molecule has 1 aliphatic rings. The maximum atomic E-state index is 13.0. The summed E-state index contributed by atoms with van der Waals surface area (Å²) in [5.74, 6) is 0.733. The Bertz CT molecular complexity index is 1010. The highest BCUT2D eigenvalue weighted by Crippen LogP contribution is 2.29. The fourth-order valence-corrected chi connectivity index (χ4v) is 3.37. The number of carbonyl (C=O) groups excluding carboxylic acids is 1. The molecule has 1 N–H and O–H groups in total. The normalized spacial score (nSPS) is 15.2. The van der Waals surface area contributed by atoms with Gasteiger partial charge in [0.25, 0.3) is 0 Å². The third-order valence-corrected chi connectivity index (χ3v) is 4.78. The number of halogens is 1. The molecule has 1 aromatic carbocycles. The molecule has 2 heterocycles. The molecule has 0 fully saturated rings. The molecule has 2 aromatic heterocycles. The standard InChI is InChI=1S/C20H17ClN4O/c1-13-19-17(25(24-13)18-8-4-5-11-22-18)10-9-14(20(19)26)12-23-16-7-3-2-6-15(16)21/h2-8,11-12,23H,9-10H2,1H3/b14-12-. The smallest absolute Gasteiger partial charge is 0.194 e. The van der Waals surface area contributed by atoms with Gasteiger partial charge in [-0.1, -0.05) is 29.8 Å². The molecule has 0 spiro atoms. The second-order valence-corrected chi connectivity index (χ2v) is 6.54. The lowest BCUT2D eigenvalue weighted by molar-refractivity contribution is 0.102. The monoisotopic (exact) mass is 364 g/mol. The van der Waals surface area contributed by atoms with Gasteiger partial charge in [-0.2, -0.15) is 5.10 Å². The molecular weight excluding hydrogens is 348 g/mol. The highest BCUT2D eigenvalue weighted by Gasteiger charge is 2.29. The minimum absolute atomic E-state index is 0.00508. The van der Waals surface area contributed by atoms with Gasteiger partial charge in [-0.25, -0.2) is 9.67 Å². The van der Waals surface area contributed by atoms with E-state index in [9.17, 15) is 4.79 Å². The predicted molar refractivity (Wildman–Crippen MR) is 102 cm³/mol. The van der Waals surface area contributed by atoms with E-state index in [1.807, 2.05) is 49.4 Å². The molecule has 0 amide bonds. The van der Waals surface area contributed by atoms with Crippen molar-refractivity contribution in [2.45, 2.75) is 19.8 Å². The molecule has 5 nitrogen and oxygen atoms in total. The van der Waals surface area contributed by atoms with Crippen molar-refractivity contribution < 1.29 is 4.79 Å². The van der Waals surface area contributed by atoms with Crippen LogP contribution in [0.4, 0.5) is 5.69 Å². The Hall–Kier alpha value is -2.92. The van der Waals surface area contributed by atoms with Crippen LogP contribution in [-0.2, 0) is 6.42 Å². The molecule has 0 bridgehead atoms. The summed E-state index contributed by atoms with van der Waals surface area (Å²) in [5.41, 5.74) is 3.82. The lowest BCUT2D eigenvalue weighted by atomic mass is 9.90. The number of rotatable bonds is 3. The van der Waals surface area contributed by atoms with Gasteiger partial charge in [0.15, 0.2) is 11.6 Å². The van der Waals surface area contributed by atoms with Gasteiger partial charge in [-0.3, -0.25) is 4.79 Å². The number of fused-ring (bicyclic) bond motifs is 1. The van der Waals surface area contributed by atoms with Gasteiger partial charge >= 0.3 is 0 Å². The summed E-state index contributed by atoms with van der Waals surface area (Å²) >= 11 is 6.16. The van der Waals surface area contributed by atoms with Gasteiger partial charge in [-0.15, -0.1) is 0 Å². The van der Waals surface area contributed by atoms with E-state index in [0.717, 1.165) is 34.9 Å². The number of nitrogens with zero attached hydrogens (tertiary/aromatic N) is 3. The van der Waals surface area contributed by atoms with Crippen molar-refractivity contribution in [1.29, 1.82) is 0 Å². The zero-order valence-electron chi connectivity index (χ0n) is 14.2. The highest BCUT2D eigenvalue weighted by atomic mass is 35.5. The van der Waals surface area contributed by atoms with Crippen LogP contribution in [-0.4, -0.2) is 20.5 Å². The summed E-state index contributed by atoms with van der Waals surface area (Å²) in [4.78, 5) is 17.3. The van der Waals surface area contributed by atoms with E-state index >= 15 is 0 Å². The quantitative estimate of drug-likeness (QED) is 0.702. The first-order valence-electron chi connectivity index (χ1n) is 8.40. The summed E-state index contributed by atoms with van der Waals surface area (Å²) in [5, 5.41) is 8.31. The maximum absolute atomic E-state index is 13.0. The minimum atomic E-state index is 0.00508. The van der Waals surface area contributed by atoms with Crippen LogP contribution in [0.1, 0.15) is 28.2 Å². The summed E-state index contributed by atoms with van der Waals surface area (Å²) in [6, 6.07) is 13.1. The fraction of sp³-hybridized carbons (Fsp3) is 0.150. The number of carbonyl (C=O) groups is 1. The third-order valence-electron chi connectivity index (χ3n) is 4.45. The third kappa shape index (κ3) is 2.91. The largest absolute Gasteiger partial charge is 0.360 e. The Labute approximate surface area is 156 Å². The molecule has 26 heavy (non-hydrogen) atoms. The van der Waals surface area contributed by atoms with Crippen LogP contribution in [0.5, 0.6) is 0 Å². The number of benzene rings is 1. The minimum Gasteiger partial charge on any atom is -0.360 e. The highest BCUT2D eigenvalue weighted by molar-refractivity contribution is 6.33. The Morgan fingerprint density at radius 1 is 1.15 bits per heavy atom. The number of hydrogen-bond acceptors (Lipinski definition) is 4. The van der Waals surface area contributed by atoms with Crippen molar-refractivity contribution in [2.75, 3.05) is 5.32 Å². The van der Waals surface area contributed by atoms with E-state index in [-0.39, 0.29) is 5.78 Å². The molecule has 3 aromatic rings. The summed E-state index contributed by atoms with van der Waals surface area (Å²) in [7, 11) is 0. The first kappa shape index (κ1) is 16.5. The number of aromatic nitrogens is 3. The van der Waals surface area contributed by atoms with E-state index in [2.05, 4.69) is 15.4 Å². The summed E-state index contributed by atoms with van der Waals surface area (Å²) in [6.07, 6.45) is 4.85. The van der Waals surface area contributed by atoms with Crippen molar-refractivity contribution in [3.8, 4) is 5.82 Å². The van der Waals surface area contributed by atoms with Crippen molar-refractivity contribution in [3.63, 3.8) is 0 Å². The molecule has 0 unspecified atom stereocenters. The van der Waals surface area contributed by atoms with Crippen molar-refractivity contribution in [2.24, 2.45) is 0 Å². The number of ketones is 1. The molecule has 6 heteroatoms. The topological polar surface area (TPSA) is 59.8 Å². The number of nitrogens with one attached hydrogen (secondary N) is 1.